The maximum Gasteiger partial charge on any atom is 0.346 e. The molecular weight excluding hydrogens is 382 g/mol. The van der Waals surface area contributed by atoms with E-state index in [9.17, 15) is 14.4 Å². The molecule has 148 valence electrons. The van der Waals surface area contributed by atoms with Crippen molar-refractivity contribution in [2.24, 2.45) is 0 Å². The Morgan fingerprint density at radius 2 is 1.96 bits per heavy atom. The van der Waals surface area contributed by atoms with Crippen LogP contribution in [0.1, 0.15) is 37.9 Å². The van der Waals surface area contributed by atoms with E-state index in [0.717, 1.165) is 37.9 Å². The van der Waals surface area contributed by atoms with Crippen molar-refractivity contribution in [1.82, 2.24) is 14.3 Å². The van der Waals surface area contributed by atoms with E-state index in [2.05, 4.69) is 10.4 Å². The van der Waals surface area contributed by atoms with E-state index < -0.39 is 0 Å². The number of hydrogen-bond donors (Lipinski definition) is 1. The fourth-order valence-corrected chi connectivity index (χ4v) is 3.92. The average molecular weight is 404 g/mol. The summed E-state index contributed by atoms with van der Waals surface area (Å²) in [5, 5.41) is 7.44. The van der Waals surface area contributed by atoms with E-state index >= 15 is 0 Å². The summed E-state index contributed by atoms with van der Waals surface area (Å²) in [5.41, 5.74) is 0.861. The topological polar surface area (TPSA) is 89.2 Å². The van der Waals surface area contributed by atoms with E-state index in [1.807, 2.05) is 0 Å². The Morgan fingerprint density at radius 1 is 1.11 bits per heavy atom. The van der Waals surface area contributed by atoms with Crippen LogP contribution < -0.4 is 15.9 Å². The van der Waals surface area contributed by atoms with Gasteiger partial charge in [0.15, 0.2) is 0 Å². The SMILES string of the molecule is O=C(Cn1nc2n(c1=O)CCCCC2)Nc1cc(N2CCCC2=O)ccc1Cl. The zero-order valence-electron chi connectivity index (χ0n) is 15.5. The number of hydrogen-bond acceptors (Lipinski definition) is 4. The van der Waals surface area contributed by atoms with Crippen LogP contribution in [0.4, 0.5) is 11.4 Å². The highest BCUT2D eigenvalue weighted by atomic mass is 35.5. The smallest absolute Gasteiger partial charge is 0.323 e. The molecule has 2 aliphatic rings. The molecule has 2 aliphatic heterocycles. The summed E-state index contributed by atoms with van der Waals surface area (Å²) in [6, 6.07) is 5.11. The van der Waals surface area contributed by atoms with Gasteiger partial charge >= 0.3 is 5.69 Å². The highest BCUT2D eigenvalue weighted by Crippen LogP contribution is 2.30. The number of carbonyl (C=O) groups is 2. The molecule has 4 rings (SSSR count). The maximum atomic E-state index is 12.5. The number of amides is 2. The summed E-state index contributed by atoms with van der Waals surface area (Å²) in [4.78, 5) is 38.6. The van der Waals surface area contributed by atoms with Gasteiger partial charge in [0.05, 0.1) is 10.7 Å². The van der Waals surface area contributed by atoms with Crippen LogP contribution in [0.3, 0.4) is 0 Å². The van der Waals surface area contributed by atoms with Crippen molar-refractivity contribution in [2.45, 2.75) is 51.6 Å². The van der Waals surface area contributed by atoms with E-state index in [-0.39, 0.29) is 24.0 Å². The molecule has 1 saturated heterocycles. The lowest BCUT2D eigenvalue weighted by molar-refractivity contribution is -0.117. The molecule has 28 heavy (non-hydrogen) atoms. The van der Waals surface area contributed by atoms with Crippen molar-refractivity contribution in [1.29, 1.82) is 0 Å². The van der Waals surface area contributed by atoms with Gasteiger partial charge in [-0.2, -0.15) is 5.10 Å². The first-order valence-corrected chi connectivity index (χ1v) is 9.97. The predicted molar refractivity (Wildman–Crippen MR) is 106 cm³/mol. The Labute approximate surface area is 167 Å². The minimum atomic E-state index is -0.387. The molecule has 0 radical (unpaired) electrons. The minimum Gasteiger partial charge on any atom is -0.323 e. The first-order chi connectivity index (χ1) is 13.5. The molecule has 8 nitrogen and oxygen atoms in total. The summed E-state index contributed by atoms with van der Waals surface area (Å²) in [7, 11) is 0. The second-order valence-corrected chi connectivity index (χ2v) is 7.59. The third-order valence-electron chi connectivity index (χ3n) is 5.18. The normalized spacial score (nSPS) is 16.8. The van der Waals surface area contributed by atoms with Gasteiger partial charge in [0, 0.05) is 31.6 Å². The molecule has 0 unspecified atom stereocenters. The predicted octanol–water partition coefficient (Wildman–Crippen LogP) is 2.19. The van der Waals surface area contributed by atoms with Gasteiger partial charge < -0.3 is 10.2 Å². The highest BCUT2D eigenvalue weighted by Gasteiger charge is 2.23. The Hall–Kier alpha value is -2.61. The molecule has 1 aromatic heterocycles. The molecule has 0 aliphatic carbocycles. The fraction of sp³-hybridized carbons (Fsp3) is 0.474. The van der Waals surface area contributed by atoms with E-state index in [1.165, 1.54) is 4.68 Å². The van der Waals surface area contributed by atoms with E-state index in [0.29, 0.717) is 35.9 Å². The average Bonchev–Trinajstić information content (AvgIpc) is 3.12. The lowest BCUT2D eigenvalue weighted by Crippen LogP contribution is -2.30. The number of benzene rings is 1. The van der Waals surface area contributed by atoms with Gasteiger partial charge in [-0.25, -0.2) is 9.48 Å². The van der Waals surface area contributed by atoms with Gasteiger partial charge in [0.1, 0.15) is 12.4 Å². The van der Waals surface area contributed by atoms with Crippen LogP contribution in [0, 0.1) is 0 Å². The zero-order chi connectivity index (χ0) is 19.7. The summed E-state index contributed by atoms with van der Waals surface area (Å²) in [6.07, 6.45) is 5.12. The van der Waals surface area contributed by atoms with Gasteiger partial charge in [-0.1, -0.05) is 18.0 Å². The maximum absolute atomic E-state index is 12.5. The second kappa shape index (κ2) is 7.79. The number of carbonyl (C=O) groups excluding carboxylic acids is 2. The highest BCUT2D eigenvalue weighted by molar-refractivity contribution is 6.33. The quantitative estimate of drug-likeness (QED) is 0.847. The first-order valence-electron chi connectivity index (χ1n) is 9.59. The number of aromatic nitrogens is 3. The number of nitrogens with one attached hydrogen (secondary N) is 1. The summed E-state index contributed by atoms with van der Waals surface area (Å²) in [5.74, 6) is 0.413. The van der Waals surface area contributed by atoms with Crippen LogP contribution in [-0.4, -0.2) is 32.7 Å². The number of rotatable bonds is 4. The Kier molecular flexibility index (Phi) is 5.21. The van der Waals surface area contributed by atoms with Crippen LogP contribution in [0.25, 0.3) is 0 Å². The van der Waals surface area contributed by atoms with Crippen molar-refractivity contribution in [2.75, 3.05) is 16.8 Å². The lowest BCUT2D eigenvalue weighted by atomic mass is 10.2. The molecule has 0 atom stereocenters. The number of aryl methyl sites for hydroxylation is 1. The Bertz CT molecular complexity index is 980. The monoisotopic (exact) mass is 403 g/mol. The molecule has 0 saturated carbocycles. The van der Waals surface area contributed by atoms with Crippen molar-refractivity contribution in [3.05, 3.63) is 39.5 Å². The molecule has 1 aromatic carbocycles. The number of halogens is 1. The van der Waals surface area contributed by atoms with E-state index in [4.69, 9.17) is 11.6 Å². The molecule has 9 heteroatoms. The Morgan fingerprint density at radius 3 is 2.75 bits per heavy atom. The van der Waals surface area contributed by atoms with E-state index in [1.54, 1.807) is 27.7 Å². The van der Waals surface area contributed by atoms with Crippen LogP contribution in [0.15, 0.2) is 23.0 Å². The minimum absolute atomic E-state index is 0.0608. The van der Waals surface area contributed by atoms with Gasteiger partial charge in [0.2, 0.25) is 11.8 Å². The molecule has 1 fully saturated rings. The summed E-state index contributed by atoms with van der Waals surface area (Å²) < 4.78 is 2.87. The second-order valence-electron chi connectivity index (χ2n) is 7.18. The molecule has 2 amide bonds. The molecular formula is C19H22ClN5O3. The van der Waals surface area contributed by atoms with Crippen LogP contribution in [0.2, 0.25) is 5.02 Å². The van der Waals surface area contributed by atoms with Crippen LogP contribution >= 0.6 is 11.6 Å². The fourth-order valence-electron chi connectivity index (χ4n) is 3.75. The van der Waals surface area contributed by atoms with Gasteiger partial charge in [0.25, 0.3) is 0 Å². The summed E-state index contributed by atoms with van der Waals surface area (Å²) >= 11 is 6.21. The van der Waals surface area contributed by atoms with Gasteiger partial charge in [-0.05, 0) is 37.5 Å². The Balaban J connectivity index is 1.50. The van der Waals surface area contributed by atoms with Crippen LogP contribution in [-0.2, 0) is 29.1 Å². The van der Waals surface area contributed by atoms with Crippen molar-refractivity contribution >= 4 is 34.8 Å². The molecule has 0 spiro atoms. The number of fused-ring (bicyclic) bond motifs is 1. The van der Waals surface area contributed by atoms with Gasteiger partial charge in [-0.15, -0.1) is 0 Å². The van der Waals surface area contributed by atoms with Crippen LogP contribution in [0.5, 0.6) is 0 Å². The zero-order valence-corrected chi connectivity index (χ0v) is 16.2. The molecule has 2 aromatic rings. The number of anilines is 2. The third kappa shape index (κ3) is 3.69. The van der Waals surface area contributed by atoms with Crippen molar-refractivity contribution in [3.63, 3.8) is 0 Å². The van der Waals surface area contributed by atoms with Crippen molar-refractivity contribution in [3.8, 4) is 0 Å². The number of nitrogens with zero attached hydrogens (tertiary/aromatic N) is 4. The van der Waals surface area contributed by atoms with Crippen molar-refractivity contribution < 1.29 is 9.59 Å². The first kappa shape index (κ1) is 18.7. The summed E-state index contributed by atoms with van der Waals surface area (Å²) in [6.45, 7) is 1.12. The molecule has 0 bridgehead atoms. The standard InChI is InChI=1S/C19H22ClN5O3/c20-14-8-7-13(23-10-4-6-18(23)27)11-15(14)21-17(26)12-25-19(28)24-9-3-1-2-5-16(24)22-25/h7-8,11H,1-6,9-10,12H2,(H,21,26). The molecule has 1 N–H and O–H groups in total. The van der Waals surface area contributed by atoms with Gasteiger partial charge in [-0.3, -0.25) is 14.2 Å². The largest absolute Gasteiger partial charge is 0.346 e. The lowest BCUT2D eigenvalue weighted by Gasteiger charge is -2.17. The third-order valence-corrected chi connectivity index (χ3v) is 5.51. The molecule has 3 heterocycles.